The SMILES string of the molecule is CCCC(=O)N(Cc1ccc(OC)cc1)[C@H](Cc1ccccc1)C(=O)NCCc1ccc(OC)c(OC)c1. The van der Waals surface area contributed by atoms with Crippen LogP contribution in [0.25, 0.3) is 0 Å². The Morgan fingerprint density at radius 1 is 0.816 bits per heavy atom. The third-order valence-corrected chi connectivity index (χ3v) is 6.41. The van der Waals surface area contributed by atoms with Crippen LogP contribution < -0.4 is 19.5 Å². The molecule has 3 rings (SSSR count). The molecular weight excluding hydrogens is 480 g/mol. The van der Waals surface area contributed by atoms with Crippen LogP contribution in [0.4, 0.5) is 0 Å². The van der Waals surface area contributed by atoms with Gasteiger partial charge in [0, 0.05) is 25.9 Å². The molecule has 0 aromatic heterocycles. The molecule has 0 bridgehead atoms. The fourth-order valence-corrected chi connectivity index (χ4v) is 4.32. The summed E-state index contributed by atoms with van der Waals surface area (Å²) in [6, 6.07) is 22.5. The van der Waals surface area contributed by atoms with Gasteiger partial charge in [0.05, 0.1) is 21.3 Å². The van der Waals surface area contributed by atoms with Crippen LogP contribution >= 0.6 is 0 Å². The fraction of sp³-hybridized carbons (Fsp3) is 0.355. The second-order valence-electron chi connectivity index (χ2n) is 9.06. The van der Waals surface area contributed by atoms with Gasteiger partial charge in [0.25, 0.3) is 0 Å². The van der Waals surface area contributed by atoms with E-state index in [2.05, 4.69) is 5.32 Å². The minimum Gasteiger partial charge on any atom is -0.497 e. The molecule has 1 N–H and O–H groups in total. The zero-order chi connectivity index (χ0) is 27.3. The van der Waals surface area contributed by atoms with Crippen LogP contribution in [0.3, 0.4) is 0 Å². The molecule has 0 spiro atoms. The van der Waals surface area contributed by atoms with Crippen molar-refractivity contribution in [2.75, 3.05) is 27.9 Å². The number of nitrogens with zero attached hydrogens (tertiary/aromatic N) is 1. The van der Waals surface area contributed by atoms with E-state index in [1.165, 1.54) is 0 Å². The zero-order valence-corrected chi connectivity index (χ0v) is 22.7. The minimum atomic E-state index is -0.649. The Bertz CT molecular complexity index is 1160. The lowest BCUT2D eigenvalue weighted by molar-refractivity contribution is -0.141. The Labute approximate surface area is 225 Å². The predicted octanol–water partition coefficient (Wildman–Crippen LogP) is 4.81. The summed E-state index contributed by atoms with van der Waals surface area (Å²) in [5.74, 6) is 1.83. The summed E-state index contributed by atoms with van der Waals surface area (Å²) in [4.78, 5) is 28.7. The van der Waals surface area contributed by atoms with Crippen molar-refractivity contribution in [3.8, 4) is 17.2 Å². The molecule has 0 heterocycles. The van der Waals surface area contributed by atoms with Crippen molar-refractivity contribution in [3.63, 3.8) is 0 Å². The van der Waals surface area contributed by atoms with Gasteiger partial charge < -0.3 is 24.4 Å². The molecule has 2 amide bonds. The predicted molar refractivity (Wildman–Crippen MR) is 149 cm³/mol. The van der Waals surface area contributed by atoms with Gasteiger partial charge in [-0.1, -0.05) is 55.5 Å². The number of nitrogens with one attached hydrogen (secondary N) is 1. The Morgan fingerprint density at radius 2 is 1.50 bits per heavy atom. The molecule has 0 radical (unpaired) electrons. The van der Waals surface area contributed by atoms with E-state index in [-0.39, 0.29) is 11.8 Å². The molecule has 38 heavy (non-hydrogen) atoms. The van der Waals surface area contributed by atoms with E-state index >= 15 is 0 Å². The van der Waals surface area contributed by atoms with Crippen molar-refractivity contribution >= 4 is 11.8 Å². The molecule has 0 aliphatic heterocycles. The quantitative estimate of drug-likeness (QED) is 0.331. The topological polar surface area (TPSA) is 77.1 Å². The van der Waals surface area contributed by atoms with Gasteiger partial charge in [0.15, 0.2) is 11.5 Å². The van der Waals surface area contributed by atoms with E-state index in [1.807, 2.05) is 79.7 Å². The second kappa shape index (κ2) is 14.7. The number of carbonyl (C=O) groups excluding carboxylic acids is 2. The Hall–Kier alpha value is -4.00. The van der Waals surface area contributed by atoms with E-state index in [9.17, 15) is 9.59 Å². The molecule has 0 saturated carbocycles. The van der Waals surface area contributed by atoms with Crippen LogP contribution in [0.2, 0.25) is 0 Å². The first kappa shape index (κ1) is 28.6. The van der Waals surface area contributed by atoms with Gasteiger partial charge in [-0.25, -0.2) is 0 Å². The number of rotatable bonds is 14. The largest absolute Gasteiger partial charge is 0.497 e. The maximum atomic E-state index is 13.6. The van der Waals surface area contributed by atoms with Crippen LogP contribution in [0.1, 0.15) is 36.5 Å². The lowest BCUT2D eigenvalue weighted by Gasteiger charge is -2.31. The Kier molecular flexibility index (Phi) is 11.0. The van der Waals surface area contributed by atoms with Crippen molar-refractivity contribution in [1.82, 2.24) is 10.2 Å². The van der Waals surface area contributed by atoms with Crippen molar-refractivity contribution in [2.45, 2.75) is 45.2 Å². The summed E-state index contributed by atoms with van der Waals surface area (Å²) >= 11 is 0. The van der Waals surface area contributed by atoms with Gasteiger partial charge in [-0.05, 0) is 53.8 Å². The first-order chi connectivity index (χ1) is 18.5. The van der Waals surface area contributed by atoms with E-state index in [4.69, 9.17) is 14.2 Å². The first-order valence-corrected chi connectivity index (χ1v) is 12.9. The van der Waals surface area contributed by atoms with Gasteiger partial charge in [-0.3, -0.25) is 9.59 Å². The van der Waals surface area contributed by atoms with Gasteiger partial charge in [0.2, 0.25) is 11.8 Å². The Morgan fingerprint density at radius 3 is 2.13 bits per heavy atom. The number of benzene rings is 3. The summed E-state index contributed by atoms with van der Waals surface area (Å²) in [7, 11) is 4.82. The number of ether oxygens (including phenoxy) is 3. The molecule has 3 aromatic carbocycles. The smallest absolute Gasteiger partial charge is 0.243 e. The van der Waals surface area contributed by atoms with Crippen LogP contribution in [0.5, 0.6) is 17.2 Å². The standard InChI is InChI=1S/C31H38N2O5/c1-5-9-30(34)33(22-25-12-15-26(36-2)16-13-25)27(20-23-10-7-6-8-11-23)31(35)32-19-18-24-14-17-28(37-3)29(21-24)38-4/h6-8,10-17,21,27H,5,9,18-20,22H2,1-4H3,(H,32,35)/t27-/m1/s1. The molecule has 0 fully saturated rings. The molecule has 3 aromatic rings. The fourth-order valence-electron chi connectivity index (χ4n) is 4.32. The highest BCUT2D eigenvalue weighted by atomic mass is 16.5. The third kappa shape index (κ3) is 8.00. The summed E-state index contributed by atoms with van der Waals surface area (Å²) in [5, 5.41) is 3.07. The summed E-state index contributed by atoms with van der Waals surface area (Å²) in [5.41, 5.74) is 2.95. The lowest BCUT2D eigenvalue weighted by Crippen LogP contribution is -2.50. The number of hydrogen-bond donors (Lipinski definition) is 1. The summed E-state index contributed by atoms with van der Waals surface area (Å²) in [6.07, 6.45) is 2.12. The van der Waals surface area contributed by atoms with Crippen molar-refractivity contribution in [3.05, 3.63) is 89.5 Å². The van der Waals surface area contributed by atoms with Gasteiger partial charge in [-0.15, -0.1) is 0 Å². The minimum absolute atomic E-state index is 0.0423. The van der Waals surface area contributed by atoms with Crippen LogP contribution in [0, 0.1) is 0 Å². The van der Waals surface area contributed by atoms with Crippen molar-refractivity contribution in [1.29, 1.82) is 0 Å². The van der Waals surface area contributed by atoms with Crippen molar-refractivity contribution in [2.24, 2.45) is 0 Å². The highest BCUT2D eigenvalue weighted by Gasteiger charge is 2.29. The van der Waals surface area contributed by atoms with Crippen LogP contribution in [-0.2, 0) is 29.0 Å². The molecule has 0 aliphatic rings. The number of methoxy groups -OCH3 is 3. The number of carbonyl (C=O) groups is 2. The molecule has 202 valence electrons. The van der Waals surface area contributed by atoms with Crippen LogP contribution in [0.15, 0.2) is 72.8 Å². The maximum absolute atomic E-state index is 13.6. The average molecular weight is 519 g/mol. The molecule has 7 nitrogen and oxygen atoms in total. The molecule has 7 heteroatoms. The number of hydrogen-bond acceptors (Lipinski definition) is 5. The van der Waals surface area contributed by atoms with E-state index in [0.29, 0.717) is 50.3 Å². The number of amides is 2. The second-order valence-corrected chi connectivity index (χ2v) is 9.06. The van der Waals surface area contributed by atoms with Crippen molar-refractivity contribution < 1.29 is 23.8 Å². The maximum Gasteiger partial charge on any atom is 0.243 e. The lowest BCUT2D eigenvalue weighted by atomic mass is 10.0. The third-order valence-electron chi connectivity index (χ3n) is 6.41. The van der Waals surface area contributed by atoms with E-state index < -0.39 is 6.04 Å². The van der Waals surface area contributed by atoms with Gasteiger partial charge >= 0.3 is 0 Å². The molecular formula is C31H38N2O5. The molecule has 0 unspecified atom stereocenters. The van der Waals surface area contributed by atoms with E-state index in [0.717, 1.165) is 22.4 Å². The monoisotopic (exact) mass is 518 g/mol. The molecule has 0 aliphatic carbocycles. The zero-order valence-electron chi connectivity index (χ0n) is 22.7. The van der Waals surface area contributed by atoms with E-state index in [1.54, 1.807) is 26.2 Å². The van der Waals surface area contributed by atoms with Gasteiger partial charge in [-0.2, -0.15) is 0 Å². The molecule has 0 saturated heterocycles. The van der Waals surface area contributed by atoms with Gasteiger partial charge in [0.1, 0.15) is 11.8 Å². The normalized spacial score (nSPS) is 11.4. The summed E-state index contributed by atoms with van der Waals surface area (Å²) in [6.45, 7) is 2.74. The van der Waals surface area contributed by atoms with Crippen LogP contribution in [-0.4, -0.2) is 50.6 Å². The highest BCUT2D eigenvalue weighted by Crippen LogP contribution is 2.27. The molecule has 1 atom stereocenters. The first-order valence-electron chi connectivity index (χ1n) is 12.9. The Balaban J connectivity index is 1.80. The summed E-state index contributed by atoms with van der Waals surface area (Å²) < 4.78 is 16.0. The average Bonchev–Trinajstić information content (AvgIpc) is 2.95. The highest BCUT2D eigenvalue weighted by molar-refractivity contribution is 5.88.